The van der Waals surface area contributed by atoms with Crippen LogP contribution in [0.5, 0.6) is 5.75 Å². The molecule has 21 heavy (non-hydrogen) atoms. The third-order valence-corrected chi connectivity index (χ3v) is 3.66. The number of nitrogens with two attached hydrogens (primary N) is 1. The third-order valence-electron chi connectivity index (χ3n) is 3.66. The molecule has 0 aliphatic rings. The van der Waals surface area contributed by atoms with Crippen molar-refractivity contribution in [2.45, 2.75) is 65.6 Å². The van der Waals surface area contributed by atoms with Crippen LogP contribution >= 0.6 is 0 Å². The number of carbonyl (C=O) groups is 1. The summed E-state index contributed by atoms with van der Waals surface area (Å²) in [4.78, 5) is 12.2. The Kier molecular flexibility index (Phi) is 6.69. The zero-order chi connectivity index (χ0) is 16.0. The number of benzene rings is 1. The first-order valence-corrected chi connectivity index (χ1v) is 7.72. The van der Waals surface area contributed by atoms with Gasteiger partial charge in [0, 0.05) is 17.6 Å². The Balaban J connectivity index is 2.80. The maximum atomic E-state index is 12.2. The number of carbonyl (C=O) groups excluding carboxylic acids is 1. The zero-order valence-corrected chi connectivity index (χ0v) is 13.8. The summed E-state index contributed by atoms with van der Waals surface area (Å²) in [7, 11) is 0. The van der Waals surface area contributed by atoms with Crippen LogP contribution in [0.4, 0.5) is 0 Å². The normalized spacial score (nSPS) is 13.9. The van der Waals surface area contributed by atoms with Crippen molar-refractivity contribution in [1.82, 2.24) is 5.32 Å². The zero-order valence-electron chi connectivity index (χ0n) is 13.8. The van der Waals surface area contributed by atoms with Crippen molar-refractivity contribution in [3.8, 4) is 5.75 Å². The molecule has 0 heterocycles. The second-order valence-corrected chi connectivity index (χ2v) is 5.61. The molecule has 4 nitrogen and oxygen atoms in total. The Morgan fingerprint density at radius 2 is 1.90 bits per heavy atom. The lowest BCUT2D eigenvalue weighted by molar-refractivity contribution is -0.128. The first-order chi connectivity index (χ1) is 9.88. The topological polar surface area (TPSA) is 64.3 Å². The van der Waals surface area contributed by atoms with Gasteiger partial charge in [0.1, 0.15) is 5.75 Å². The quantitative estimate of drug-likeness (QED) is 0.811. The number of amides is 1. The molecule has 0 aliphatic carbocycles. The van der Waals surface area contributed by atoms with Crippen LogP contribution in [0.2, 0.25) is 0 Å². The molecule has 3 N–H and O–H groups in total. The SMILES string of the molecule is CCC(CC)NC(=O)C(C)Oc1cc(C)ccc1C(C)N. The average molecular weight is 292 g/mol. The highest BCUT2D eigenvalue weighted by Crippen LogP contribution is 2.26. The van der Waals surface area contributed by atoms with E-state index in [1.807, 2.05) is 32.0 Å². The Morgan fingerprint density at radius 3 is 2.43 bits per heavy atom. The maximum Gasteiger partial charge on any atom is 0.260 e. The van der Waals surface area contributed by atoms with Crippen molar-refractivity contribution in [3.63, 3.8) is 0 Å². The van der Waals surface area contributed by atoms with E-state index in [4.69, 9.17) is 10.5 Å². The van der Waals surface area contributed by atoms with Crippen LogP contribution < -0.4 is 15.8 Å². The molecule has 0 fully saturated rings. The first-order valence-electron chi connectivity index (χ1n) is 7.72. The smallest absolute Gasteiger partial charge is 0.260 e. The van der Waals surface area contributed by atoms with Gasteiger partial charge in [0.2, 0.25) is 0 Å². The Labute approximate surface area is 128 Å². The molecule has 0 saturated carbocycles. The molecular weight excluding hydrogens is 264 g/mol. The molecule has 0 saturated heterocycles. The molecule has 1 aromatic carbocycles. The highest BCUT2D eigenvalue weighted by molar-refractivity contribution is 5.81. The monoisotopic (exact) mass is 292 g/mol. The van der Waals surface area contributed by atoms with E-state index < -0.39 is 6.10 Å². The summed E-state index contributed by atoms with van der Waals surface area (Å²) in [5.41, 5.74) is 7.96. The summed E-state index contributed by atoms with van der Waals surface area (Å²) in [6.07, 6.45) is 1.31. The van der Waals surface area contributed by atoms with Crippen LogP contribution in [0, 0.1) is 6.92 Å². The fraction of sp³-hybridized carbons (Fsp3) is 0.588. The summed E-state index contributed by atoms with van der Waals surface area (Å²) >= 11 is 0. The van der Waals surface area contributed by atoms with Gasteiger partial charge in [-0.3, -0.25) is 4.79 Å². The molecule has 118 valence electrons. The molecule has 1 aromatic rings. The van der Waals surface area contributed by atoms with E-state index in [9.17, 15) is 4.79 Å². The molecule has 2 atom stereocenters. The standard InChI is InChI=1S/C17H28N2O2/c1-6-14(7-2)19-17(20)13(5)21-16-10-11(3)8-9-15(16)12(4)18/h8-10,12-14H,6-7,18H2,1-5H3,(H,19,20). The number of hydrogen-bond donors (Lipinski definition) is 2. The van der Waals surface area contributed by atoms with Crippen LogP contribution in [0.3, 0.4) is 0 Å². The minimum Gasteiger partial charge on any atom is -0.481 e. The fourth-order valence-corrected chi connectivity index (χ4v) is 2.18. The predicted octanol–water partition coefficient (Wildman–Crippen LogP) is 3.09. The van der Waals surface area contributed by atoms with Gasteiger partial charge in [0.05, 0.1) is 0 Å². The van der Waals surface area contributed by atoms with Crippen molar-refractivity contribution in [2.24, 2.45) is 5.73 Å². The predicted molar refractivity (Wildman–Crippen MR) is 86.4 cm³/mol. The summed E-state index contributed by atoms with van der Waals surface area (Å²) in [6, 6.07) is 5.96. The summed E-state index contributed by atoms with van der Waals surface area (Å²) < 4.78 is 5.85. The van der Waals surface area contributed by atoms with Gasteiger partial charge < -0.3 is 15.8 Å². The van der Waals surface area contributed by atoms with Crippen LogP contribution in [-0.4, -0.2) is 18.1 Å². The van der Waals surface area contributed by atoms with Gasteiger partial charge >= 0.3 is 0 Å². The molecule has 1 amide bonds. The molecule has 0 aliphatic heterocycles. The van der Waals surface area contributed by atoms with Gasteiger partial charge in [-0.25, -0.2) is 0 Å². The molecule has 2 unspecified atom stereocenters. The fourth-order valence-electron chi connectivity index (χ4n) is 2.18. The van der Waals surface area contributed by atoms with Crippen molar-refractivity contribution < 1.29 is 9.53 Å². The lowest BCUT2D eigenvalue weighted by Crippen LogP contribution is -2.42. The minimum absolute atomic E-state index is 0.0826. The Hall–Kier alpha value is -1.55. The van der Waals surface area contributed by atoms with E-state index in [1.54, 1.807) is 6.92 Å². The number of hydrogen-bond acceptors (Lipinski definition) is 3. The summed E-state index contributed by atoms with van der Waals surface area (Å²) in [5, 5.41) is 3.00. The van der Waals surface area contributed by atoms with Gasteiger partial charge in [-0.15, -0.1) is 0 Å². The highest BCUT2D eigenvalue weighted by atomic mass is 16.5. The minimum atomic E-state index is -0.537. The largest absolute Gasteiger partial charge is 0.481 e. The van der Waals surface area contributed by atoms with Crippen LogP contribution in [-0.2, 0) is 4.79 Å². The van der Waals surface area contributed by atoms with E-state index in [-0.39, 0.29) is 18.0 Å². The van der Waals surface area contributed by atoms with Crippen LogP contribution in [0.25, 0.3) is 0 Å². The van der Waals surface area contributed by atoms with Crippen molar-refractivity contribution in [3.05, 3.63) is 29.3 Å². The molecule has 1 rings (SSSR count). The van der Waals surface area contributed by atoms with Gasteiger partial charge in [0.15, 0.2) is 6.10 Å². The van der Waals surface area contributed by atoms with Gasteiger partial charge in [-0.05, 0) is 45.2 Å². The third kappa shape index (κ3) is 5.05. The van der Waals surface area contributed by atoms with Gasteiger partial charge in [-0.2, -0.15) is 0 Å². The number of nitrogens with one attached hydrogen (secondary N) is 1. The molecule has 0 radical (unpaired) electrons. The van der Waals surface area contributed by atoms with Crippen molar-refractivity contribution >= 4 is 5.91 Å². The van der Waals surface area contributed by atoms with Crippen LogP contribution in [0.1, 0.15) is 57.7 Å². The average Bonchev–Trinajstić information content (AvgIpc) is 2.44. The molecule has 4 heteroatoms. The summed E-state index contributed by atoms with van der Waals surface area (Å²) in [6.45, 7) is 9.80. The molecule has 0 bridgehead atoms. The molecule has 0 aromatic heterocycles. The van der Waals surface area contributed by atoms with E-state index in [0.717, 1.165) is 24.0 Å². The lowest BCUT2D eigenvalue weighted by atomic mass is 10.1. The number of rotatable bonds is 7. The van der Waals surface area contributed by atoms with E-state index in [1.165, 1.54) is 0 Å². The van der Waals surface area contributed by atoms with Crippen LogP contribution in [0.15, 0.2) is 18.2 Å². The van der Waals surface area contributed by atoms with E-state index in [0.29, 0.717) is 5.75 Å². The Bertz CT molecular complexity index is 468. The second kappa shape index (κ2) is 8.03. The molecule has 0 spiro atoms. The van der Waals surface area contributed by atoms with Crippen molar-refractivity contribution in [2.75, 3.05) is 0 Å². The van der Waals surface area contributed by atoms with Crippen molar-refractivity contribution in [1.29, 1.82) is 0 Å². The Morgan fingerprint density at radius 1 is 1.29 bits per heavy atom. The molecular formula is C17H28N2O2. The van der Waals surface area contributed by atoms with Gasteiger partial charge in [0.25, 0.3) is 5.91 Å². The maximum absolute atomic E-state index is 12.2. The number of ether oxygens (including phenoxy) is 1. The van der Waals surface area contributed by atoms with E-state index in [2.05, 4.69) is 19.2 Å². The number of aryl methyl sites for hydroxylation is 1. The highest BCUT2D eigenvalue weighted by Gasteiger charge is 2.19. The van der Waals surface area contributed by atoms with E-state index >= 15 is 0 Å². The summed E-state index contributed by atoms with van der Waals surface area (Å²) in [5.74, 6) is 0.609. The first kappa shape index (κ1) is 17.5. The lowest BCUT2D eigenvalue weighted by Gasteiger charge is -2.21. The van der Waals surface area contributed by atoms with Gasteiger partial charge in [-0.1, -0.05) is 26.0 Å². The second-order valence-electron chi connectivity index (χ2n) is 5.61.